The molecule has 1 saturated carbocycles. The van der Waals surface area contributed by atoms with Crippen molar-refractivity contribution in [2.45, 2.75) is 77.2 Å². The Hall–Kier alpha value is -0.960. The summed E-state index contributed by atoms with van der Waals surface area (Å²) >= 11 is 0. The molecule has 0 saturated heterocycles. The molecule has 0 unspecified atom stereocenters. The highest BCUT2D eigenvalue weighted by Crippen LogP contribution is 2.31. The number of fused-ring (bicyclic) bond motifs is 1. The predicted molar refractivity (Wildman–Crippen MR) is 81.9 cm³/mol. The minimum atomic E-state index is 0.619. The zero-order valence-corrected chi connectivity index (χ0v) is 12.7. The van der Waals surface area contributed by atoms with Crippen molar-refractivity contribution in [2.24, 2.45) is 0 Å². The average molecular weight is 273 g/mol. The van der Waals surface area contributed by atoms with Crippen LogP contribution in [0, 0.1) is 0 Å². The van der Waals surface area contributed by atoms with E-state index in [0.29, 0.717) is 5.92 Å². The summed E-state index contributed by atoms with van der Waals surface area (Å²) < 4.78 is 0. The SMILES string of the molecule is CCCc1nc(C2CCCCCC2)nc2c1CNCC2. The molecule has 0 aromatic carbocycles. The molecule has 0 bridgehead atoms. The number of aromatic nitrogens is 2. The smallest absolute Gasteiger partial charge is 0.131 e. The van der Waals surface area contributed by atoms with E-state index >= 15 is 0 Å². The maximum atomic E-state index is 4.99. The number of rotatable bonds is 3. The first-order valence-corrected chi connectivity index (χ1v) is 8.47. The molecule has 1 fully saturated rings. The standard InChI is InChI=1S/C17H27N3/c1-2-7-15-14-12-18-11-10-16(14)20-17(19-15)13-8-5-3-4-6-9-13/h13,18H,2-12H2,1H3. The third kappa shape index (κ3) is 3.03. The summed E-state index contributed by atoms with van der Waals surface area (Å²) in [5.74, 6) is 1.78. The molecule has 2 aliphatic rings. The third-order valence-corrected chi connectivity index (χ3v) is 4.74. The van der Waals surface area contributed by atoms with Gasteiger partial charge in [0.25, 0.3) is 0 Å². The fourth-order valence-electron chi connectivity index (χ4n) is 3.60. The molecule has 0 atom stereocenters. The molecule has 3 heteroatoms. The topological polar surface area (TPSA) is 37.8 Å². The van der Waals surface area contributed by atoms with Crippen LogP contribution in [0.3, 0.4) is 0 Å². The summed E-state index contributed by atoms with van der Waals surface area (Å²) in [6.07, 6.45) is 11.4. The van der Waals surface area contributed by atoms with Crippen LogP contribution < -0.4 is 5.32 Å². The van der Waals surface area contributed by atoms with Gasteiger partial charge in [-0.1, -0.05) is 39.0 Å². The van der Waals surface area contributed by atoms with Crippen LogP contribution in [0.2, 0.25) is 0 Å². The minimum Gasteiger partial charge on any atom is -0.312 e. The van der Waals surface area contributed by atoms with Crippen molar-refractivity contribution in [1.29, 1.82) is 0 Å². The van der Waals surface area contributed by atoms with Crippen molar-refractivity contribution in [2.75, 3.05) is 6.54 Å². The van der Waals surface area contributed by atoms with E-state index in [0.717, 1.165) is 31.8 Å². The van der Waals surface area contributed by atoms with E-state index in [1.807, 2.05) is 0 Å². The Labute approximate surface area is 122 Å². The molecule has 1 N–H and O–H groups in total. The second kappa shape index (κ2) is 6.66. The van der Waals surface area contributed by atoms with Gasteiger partial charge in [0.2, 0.25) is 0 Å². The van der Waals surface area contributed by atoms with Gasteiger partial charge in [-0.2, -0.15) is 0 Å². The Morgan fingerprint density at radius 2 is 1.90 bits per heavy atom. The monoisotopic (exact) mass is 273 g/mol. The first-order chi connectivity index (χ1) is 9.88. The summed E-state index contributed by atoms with van der Waals surface area (Å²) in [4.78, 5) is 9.96. The lowest BCUT2D eigenvalue weighted by molar-refractivity contribution is 0.539. The molecule has 3 nitrogen and oxygen atoms in total. The number of nitrogens with zero attached hydrogens (tertiary/aromatic N) is 2. The zero-order chi connectivity index (χ0) is 13.8. The van der Waals surface area contributed by atoms with Gasteiger partial charge in [-0.05, 0) is 19.3 Å². The van der Waals surface area contributed by atoms with Gasteiger partial charge in [0, 0.05) is 36.7 Å². The lowest BCUT2D eigenvalue weighted by Crippen LogP contribution is -2.27. The van der Waals surface area contributed by atoms with Crippen LogP contribution in [0.4, 0.5) is 0 Å². The molecule has 0 spiro atoms. The van der Waals surface area contributed by atoms with Gasteiger partial charge >= 0.3 is 0 Å². The fraction of sp³-hybridized carbons (Fsp3) is 0.765. The van der Waals surface area contributed by atoms with Gasteiger partial charge in [0.05, 0.1) is 5.69 Å². The van der Waals surface area contributed by atoms with Crippen molar-refractivity contribution in [3.05, 3.63) is 22.8 Å². The highest BCUT2D eigenvalue weighted by Gasteiger charge is 2.22. The molecule has 0 amide bonds. The van der Waals surface area contributed by atoms with Gasteiger partial charge in [0.15, 0.2) is 0 Å². The molecule has 3 rings (SSSR count). The number of hydrogen-bond acceptors (Lipinski definition) is 3. The molecule has 1 aliphatic carbocycles. The van der Waals surface area contributed by atoms with Crippen molar-refractivity contribution in [3.8, 4) is 0 Å². The van der Waals surface area contributed by atoms with Crippen molar-refractivity contribution in [3.63, 3.8) is 0 Å². The molecule has 110 valence electrons. The van der Waals surface area contributed by atoms with Gasteiger partial charge in [-0.15, -0.1) is 0 Å². The van der Waals surface area contributed by atoms with Crippen molar-refractivity contribution < 1.29 is 0 Å². The molecule has 1 aromatic heterocycles. The quantitative estimate of drug-likeness (QED) is 0.856. The first-order valence-electron chi connectivity index (χ1n) is 8.47. The van der Waals surface area contributed by atoms with E-state index in [9.17, 15) is 0 Å². The highest BCUT2D eigenvalue weighted by atomic mass is 15.0. The van der Waals surface area contributed by atoms with Gasteiger partial charge in [0.1, 0.15) is 5.82 Å². The van der Waals surface area contributed by atoms with Gasteiger partial charge in [-0.25, -0.2) is 9.97 Å². The third-order valence-electron chi connectivity index (χ3n) is 4.74. The van der Waals surface area contributed by atoms with Crippen LogP contribution in [0.5, 0.6) is 0 Å². The lowest BCUT2D eigenvalue weighted by Gasteiger charge is -2.22. The normalized spacial score (nSPS) is 20.4. The Kier molecular flexibility index (Phi) is 4.66. The lowest BCUT2D eigenvalue weighted by atomic mass is 9.97. The Morgan fingerprint density at radius 3 is 2.65 bits per heavy atom. The molecular weight excluding hydrogens is 246 g/mol. The summed E-state index contributed by atoms with van der Waals surface area (Å²) in [6.45, 7) is 4.28. The molecule has 20 heavy (non-hydrogen) atoms. The van der Waals surface area contributed by atoms with E-state index in [2.05, 4.69) is 12.2 Å². The largest absolute Gasteiger partial charge is 0.312 e. The second-order valence-corrected chi connectivity index (χ2v) is 6.32. The van der Waals surface area contributed by atoms with E-state index in [1.54, 1.807) is 0 Å². The van der Waals surface area contributed by atoms with Crippen LogP contribution in [-0.4, -0.2) is 16.5 Å². The molecular formula is C17H27N3. The van der Waals surface area contributed by atoms with Gasteiger partial charge in [-0.3, -0.25) is 0 Å². The van der Waals surface area contributed by atoms with Crippen LogP contribution in [0.15, 0.2) is 0 Å². The summed E-state index contributed by atoms with van der Waals surface area (Å²) in [5, 5.41) is 3.47. The maximum absolute atomic E-state index is 4.99. The summed E-state index contributed by atoms with van der Waals surface area (Å²) in [6, 6.07) is 0. The van der Waals surface area contributed by atoms with Crippen molar-refractivity contribution in [1.82, 2.24) is 15.3 Å². The Morgan fingerprint density at radius 1 is 1.10 bits per heavy atom. The average Bonchev–Trinajstić information content (AvgIpc) is 2.76. The van der Waals surface area contributed by atoms with Crippen molar-refractivity contribution >= 4 is 0 Å². The Balaban J connectivity index is 1.91. The summed E-state index contributed by atoms with van der Waals surface area (Å²) in [5.41, 5.74) is 4.06. The molecule has 1 aliphatic heterocycles. The fourth-order valence-corrected chi connectivity index (χ4v) is 3.60. The molecule has 2 heterocycles. The van der Waals surface area contributed by atoms with E-state index in [1.165, 1.54) is 61.9 Å². The maximum Gasteiger partial charge on any atom is 0.131 e. The number of nitrogens with one attached hydrogen (secondary N) is 1. The zero-order valence-electron chi connectivity index (χ0n) is 12.7. The molecule has 1 aromatic rings. The minimum absolute atomic E-state index is 0.619. The second-order valence-electron chi connectivity index (χ2n) is 6.32. The van der Waals surface area contributed by atoms with E-state index in [4.69, 9.17) is 9.97 Å². The number of aryl methyl sites for hydroxylation is 1. The number of hydrogen-bond donors (Lipinski definition) is 1. The Bertz CT molecular complexity index is 448. The van der Waals surface area contributed by atoms with Crippen LogP contribution >= 0.6 is 0 Å². The van der Waals surface area contributed by atoms with E-state index in [-0.39, 0.29) is 0 Å². The van der Waals surface area contributed by atoms with Crippen LogP contribution in [-0.2, 0) is 19.4 Å². The van der Waals surface area contributed by atoms with Crippen LogP contribution in [0.25, 0.3) is 0 Å². The van der Waals surface area contributed by atoms with Gasteiger partial charge < -0.3 is 5.32 Å². The highest BCUT2D eigenvalue weighted by molar-refractivity contribution is 5.29. The summed E-state index contributed by atoms with van der Waals surface area (Å²) in [7, 11) is 0. The molecule has 0 radical (unpaired) electrons. The van der Waals surface area contributed by atoms with E-state index < -0.39 is 0 Å². The predicted octanol–water partition coefficient (Wildman–Crippen LogP) is 3.51. The van der Waals surface area contributed by atoms with Crippen LogP contribution in [0.1, 0.15) is 80.6 Å². The first kappa shape index (κ1) is 14.0.